The summed E-state index contributed by atoms with van der Waals surface area (Å²) in [6.45, 7) is 0.567. The molecule has 0 radical (unpaired) electrons. The first-order valence-electron chi connectivity index (χ1n) is 10.6. The summed E-state index contributed by atoms with van der Waals surface area (Å²) in [5, 5.41) is 8.34. The Morgan fingerprint density at radius 1 is 1.10 bits per heavy atom. The number of aromatic nitrogens is 2. The maximum atomic E-state index is 13.6. The van der Waals surface area contributed by atoms with Crippen LogP contribution in [-0.4, -0.2) is 38.6 Å². The average molecular weight is 464 g/mol. The van der Waals surface area contributed by atoms with Crippen molar-refractivity contribution in [3.63, 3.8) is 0 Å². The molecule has 1 amide bonds. The van der Waals surface area contributed by atoms with Crippen molar-refractivity contribution in [1.29, 1.82) is 0 Å². The molecular weight excluding hydrogens is 437 g/mol. The number of hydrogen-bond donors (Lipinski definition) is 0. The van der Waals surface area contributed by atoms with Crippen LogP contribution in [0.4, 0.5) is 4.39 Å². The Morgan fingerprint density at radius 2 is 1.70 bits per heavy atom. The molecule has 1 heterocycles. The van der Waals surface area contributed by atoms with E-state index in [1.165, 1.54) is 43.2 Å². The van der Waals surface area contributed by atoms with Crippen LogP contribution in [0.15, 0.2) is 32.9 Å². The zero-order valence-electron chi connectivity index (χ0n) is 17.1. The van der Waals surface area contributed by atoms with Gasteiger partial charge in [0, 0.05) is 12.1 Å². The summed E-state index contributed by atoms with van der Waals surface area (Å²) in [6, 6.07) is 6.63. The highest BCUT2D eigenvalue weighted by Gasteiger charge is 2.54. The summed E-state index contributed by atoms with van der Waals surface area (Å²) in [5.74, 6) is 2.61. The normalized spacial score (nSPS) is 29.3. The molecule has 1 aromatic carbocycles. The van der Waals surface area contributed by atoms with E-state index in [-0.39, 0.29) is 17.3 Å². The average Bonchev–Trinajstić information content (AvgIpc) is 3.18. The standard InChI is InChI=1S/C22H26FN3OS3/c1-28-20-24-25-21(30-20)29-13-19(27)26(12-14-2-4-18(23)5-3-14)22-9-15-6-16(10-22)8-17(7-15)11-22/h2-5,15-17H,6-13H2,1H3. The predicted octanol–water partition coefficient (Wildman–Crippen LogP) is 5.49. The Bertz CT molecular complexity index is 881. The van der Waals surface area contributed by atoms with Gasteiger partial charge in [0.25, 0.3) is 0 Å². The Balaban J connectivity index is 1.38. The van der Waals surface area contributed by atoms with Crippen LogP contribution in [0, 0.1) is 23.6 Å². The highest BCUT2D eigenvalue weighted by Crippen LogP contribution is 2.58. The first-order chi connectivity index (χ1) is 14.5. The lowest BCUT2D eigenvalue weighted by molar-refractivity contribution is -0.149. The third-order valence-corrected chi connectivity index (χ3v) is 10.0. The maximum absolute atomic E-state index is 13.6. The molecule has 0 saturated heterocycles. The van der Waals surface area contributed by atoms with Crippen molar-refractivity contribution in [2.75, 3.05) is 12.0 Å². The van der Waals surface area contributed by atoms with Crippen molar-refractivity contribution >= 4 is 40.8 Å². The molecule has 4 bridgehead atoms. The van der Waals surface area contributed by atoms with Gasteiger partial charge in [-0.05, 0) is 80.2 Å². The van der Waals surface area contributed by atoms with Gasteiger partial charge in [0.2, 0.25) is 5.91 Å². The smallest absolute Gasteiger partial charge is 0.233 e. The first-order valence-corrected chi connectivity index (χ1v) is 13.6. The van der Waals surface area contributed by atoms with E-state index >= 15 is 0 Å². The zero-order chi connectivity index (χ0) is 20.7. The highest BCUT2D eigenvalue weighted by atomic mass is 32.2. The molecule has 8 heteroatoms. The van der Waals surface area contributed by atoms with Crippen LogP contribution in [-0.2, 0) is 11.3 Å². The minimum atomic E-state index is -0.233. The minimum Gasteiger partial charge on any atom is -0.332 e. The van der Waals surface area contributed by atoms with Crippen molar-refractivity contribution in [2.24, 2.45) is 17.8 Å². The van der Waals surface area contributed by atoms with E-state index in [1.807, 2.05) is 18.4 Å². The van der Waals surface area contributed by atoms with Gasteiger partial charge in [-0.3, -0.25) is 4.79 Å². The number of carbonyl (C=O) groups is 1. The van der Waals surface area contributed by atoms with Crippen molar-refractivity contribution in [3.8, 4) is 0 Å². The van der Waals surface area contributed by atoms with E-state index in [0.29, 0.717) is 12.3 Å². The van der Waals surface area contributed by atoms with Gasteiger partial charge in [0.05, 0.1) is 5.75 Å². The molecule has 0 atom stereocenters. The van der Waals surface area contributed by atoms with Crippen molar-refractivity contribution < 1.29 is 9.18 Å². The van der Waals surface area contributed by atoms with Gasteiger partial charge in [0.15, 0.2) is 8.68 Å². The van der Waals surface area contributed by atoms with Gasteiger partial charge in [0.1, 0.15) is 5.82 Å². The molecule has 0 aliphatic heterocycles. The molecular formula is C22H26FN3OS3. The summed E-state index contributed by atoms with van der Waals surface area (Å²) < 4.78 is 15.2. The molecule has 2 aromatic rings. The number of hydrogen-bond acceptors (Lipinski definition) is 6. The molecule has 4 aliphatic rings. The molecule has 4 aliphatic carbocycles. The molecule has 30 heavy (non-hydrogen) atoms. The Labute approximate surface area is 189 Å². The molecule has 160 valence electrons. The summed E-state index contributed by atoms with van der Waals surface area (Å²) >= 11 is 4.61. The summed E-state index contributed by atoms with van der Waals surface area (Å²) in [7, 11) is 0. The van der Waals surface area contributed by atoms with Gasteiger partial charge in [-0.25, -0.2) is 4.39 Å². The lowest BCUT2D eigenvalue weighted by Crippen LogP contribution is -2.61. The van der Waals surface area contributed by atoms with Gasteiger partial charge in [-0.15, -0.1) is 10.2 Å². The van der Waals surface area contributed by atoms with E-state index in [9.17, 15) is 9.18 Å². The zero-order valence-corrected chi connectivity index (χ0v) is 19.5. The van der Waals surface area contributed by atoms with Gasteiger partial charge in [-0.1, -0.05) is 47.0 Å². The van der Waals surface area contributed by atoms with Crippen LogP contribution in [0.25, 0.3) is 0 Å². The second-order valence-electron chi connectivity index (χ2n) is 9.07. The van der Waals surface area contributed by atoms with E-state index in [0.717, 1.165) is 51.3 Å². The van der Waals surface area contributed by atoms with Gasteiger partial charge < -0.3 is 4.90 Å². The number of benzene rings is 1. The molecule has 4 fully saturated rings. The largest absolute Gasteiger partial charge is 0.332 e. The monoisotopic (exact) mass is 463 g/mol. The Kier molecular flexibility index (Phi) is 5.84. The second kappa shape index (κ2) is 8.43. The lowest BCUT2D eigenvalue weighted by Gasteiger charge is -2.60. The number of nitrogens with zero attached hydrogens (tertiary/aromatic N) is 3. The fourth-order valence-corrected chi connectivity index (χ4v) is 8.54. The third kappa shape index (κ3) is 4.15. The molecule has 4 nitrogen and oxygen atoms in total. The quantitative estimate of drug-likeness (QED) is 0.508. The van der Waals surface area contributed by atoms with E-state index < -0.39 is 0 Å². The molecule has 4 saturated carbocycles. The van der Waals surface area contributed by atoms with Crippen LogP contribution in [0.5, 0.6) is 0 Å². The summed E-state index contributed by atoms with van der Waals surface area (Å²) in [6.07, 6.45) is 9.40. The first kappa shape index (κ1) is 20.8. The van der Waals surface area contributed by atoms with Crippen LogP contribution in [0.2, 0.25) is 0 Å². The van der Waals surface area contributed by atoms with Crippen molar-refractivity contribution in [1.82, 2.24) is 15.1 Å². The molecule has 6 rings (SSSR count). The number of thioether (sulfide) groups is 2. The van der Waals surface area contributed by atoms with Crippen LogP contribution < -0.4 is 0 Å². The number of amides is 1. The van der Waals surface area contributed by atoms with Gasteiger partial charge in [-0.2, -0.15) is 0 Å². The number of halogens is 1. The SMILES string of the molecule is CSc1nnc(SCC(=O)N(Cc2ccc(F)cc2)C23CC4CC(CC(C4)C2)C3)s1. The maximum Gasteiger partial charge on any atom is 0.233 e. The third-order valence-electron chi connectivity index (χ3n) is 7.02. The van der Waals surface area contributed by atoms with Crippen LogP contribution in [0.3, 0.4) is 0 Å². The Hall–Kier alpha value is -1.12. The number of carbonyl (C=O) groups excluding carboxylic acids is 1. The predicted molar refractivity (Wildman–Crippen MR) is 120 cm³/mol. The molecule has 1 aromatic heterocycles. The molecule has 0 N–H and O–H groups in total. The van der Waals surface area contributed by atoms with Crippen LogP contribution in [0.1, 0.15) is 44.1 Å². The fraction of sp³-hybridized carbons (Fsp3) is 0.591. The van der Waals surface area contributed by atoms with Crippen molar-refractivity contribution in [3.05, 3.63) is 35.6 Å². The van der Waals surface area contributed by atoms with E-state index in [2.05, 4.69) is 15.1 Å². The highest BCUT2D eigenvalue weighted by molar-refractivity contribution is 8.03. The molecule has 0 spiro atoms. The van der Waals surface area contributed by atoms with E-state index in [4.69, 9.17) is 0 Å². The molecule has 0 unspecified atom stereocenters. The summed E-state index contributed by atoms with van der Waals surface area (Å²) in [4.78, 5) is 15.7. The Morgan fingerprint density at radius 3 is 2.27 bits per heavy atom. The summed E-state index contributed by atoms with van der Waals surface area (Å²) in [5.41, 5.74) is 0.984. The topological polar surface area (TPSA) is 46.1 Å². The van der Waals surface area contributed by atoms with Crippen LogP contribution >= 0.6 is 34.9 Å². The van der Waals surface area contributed by atoms with E-state index in [1.54, 1.807) is 23.1 Å². The second-order valence-corrected chi connectivity index (χ2v) is 12.3. The minimum absolute atomic E-state index is 0.0215. The lowest BCUT2D eigenvalue weighted by atomic mass is 9.52. The fourth-order valence-electron chi connectivity index (χ4n) is 6.23. The van der Waals surface area contributed by atoms with Crippen molar-refractivity contribution in [2.45, 2.75) is 59.3 Å². The number of rotatable bonds is 7. The van der Waals surface area contributed by atoms with Gasteiger partial charge >= 0.3 is 0 Å².